The van der Waals surface area contributed by atoms with E-state index in [2.05, 4.69) is 16.0 Å². The van der Waals surface area contributed by atoms with Crippen LogP contribution in [0.1, 0.15) is 52.5 Å². The van der Waals surface area contributed by atoms with Gasteiger partial charge in [-0.25, -0.2) is 4.79 Å². The summed E-state index contributed by atoms with van der Waals surface area (Å²) in [7, 11) is 0. The van der Waals surface area contributed by atoms with Crippen LogP contribution >= 0.6 is 11.6 Å². The van der Waals surface area contributed by atoms with Crippen molar-refractivity contribution in [2.75, 3.05) is 19.8 Å². The lowest BCUT2D eigenvalue weighted by Crippen LogP contribution is -2.51. The number of ether oxygens (including phenoxy) is 1. The molecule has 3 unspecified atom stereocenters. The summed E-state index contributed by atoms with van der Waals surface area (Å²) in [5, 5.41) is 18.5. The number of carbonyl (C=O) groups excluding carboxylic acids is 3. The van der Waals surface area contributed by atoms with Gasteiger partial charge < -0.3 is 25.8 Å². The minimum atomic E-state index is -0.821. The van der Waals surface area contributed by atoms with E-state index in [-0.39, 0.29) is 31.0 Å². The number of carbonyl (C=O) groups is 3. The van der Waals surface area contributed by atoms with Crippen LogP contribution < -0.4 is 16.0 Å². The molecule has 33 heavy (non-hydrogen) atoms. The molecule has 1 aliphatic heterocycles. The van der Waals surface area contributed by atoms with Gasteiger partial charge in [-0.3, -0.25) is 9.59 Å². The molecule has 184 valence electrons. The van der Waals surface area contributed by atoms with Gasteiger partial charge in [0.15, 0.2) is 0 Å². The van der Waals surface area contributed by atoms with E-state index in [1.54, 1.807) is 6.07 Å². The highest BCUT2D eigenvalue weighted by Gasteiger charge is 2.30. The SMILES string of the molecule is CC(C)CC(NC(=O)OCC(C)(C)c1cccc(Cl)c1)C(=O)NC(CO)CC1CCNC1=O. The molecule has 1 aromatic carbocycles. The first-order valence-corrected chi connectivity index (χ1v) is 11.8. The van der Waals surface area contributed by atoms with Gasteiger partial charge in [-0.2, -0.15) is 0 Å². The Bertz CT molecular complexity index is 830. The summed E-state index contributed by atoms with van der Waals surface area (Å²) in [5.41, 5.74) is 0.461. The van der Waals surface area contributed by atoms with Crippen LogP contribution in [0.25, 0.3) is 0 Å². The zero-order valence-electron chi connectivity index (χ0n) is 19.8. The monoisotopic (exact) mass is 481 g/mol. The number of benzene rings is 1. The van der Waals surface area contributed by atoms with Crippen LogP contribution in [0.3, 0.4) is 0 Å². The van der Waals surface area contributed by atoms with Crippen molar-refractivity contribution in [3.63, 3.8) is 0 Å². The number of hydrogen-bond donors (Lipinski definition) is 4. The Morgan fingerprint density at radius 3 is 2.61 bits per heavy atom. The average Bonchev–Trinajstić information content (AvgIpc) is 3.15. The predicted molar refractivity (Wildman–Crippen MR) is 127 cm³/mol. The molecule has 0 bridgehead atoms. The maximum atomic E-state index is 12.9. The Morgan fingerprint density at radius 2 is 2.03 bits per heavy atom. The van der Waals surface area contributed by atoms with Crippen LogP contribution in [0.4, 0.5) is 4.79 Å². The van der Waals surface area contributed by atoms with E-state index in [1.165, 1.54) is 0 Å². The molecule has 1 heterocycles. The van der Waals surface area contributed by atoms with Crippen molar-refractivity contribution in [2.45, 2.75) is 64.5 Å². The summed E-state index contributed by atoms with van der Waals surface area (Å²) in [5.74, 6) is -0.576. The van der Waals surface area contributed by atoms with Crippen LogP contribution in [0.5, 0.6) is 0 Å². The summed E-state index contributed by atoms with van der Waals surface area (Å²) in [4.78, 5) is 37.2. The van der Waals surface area contributed by atoms with Crippen molar-refractivity contribution >= 4 is 29.5 Å². The maximum absolute atomic E-state index is 12.9. The quantitative estimate of drug-likeness (QED) is 0.387. The van der Waals surface area contributed by atoms with Gasteiger partial charge >= 0.3 is 6.09 Å². The van der Waals surface area contributed by atoms with Gasteiger partial charge in [-0.15, -0.1) is 0 Å². The third-order valence-corrected chi connectivity index (χ3v) is 6.02. The van der Waals surface area contributed by atoms with Gasteiger partial charge in [0.05, 0.1) is 12.6 Å². The summed E-state index contributed by atoms with van der Waals surface area (Å²) >= 11 is 6.08. The minimum absolute atomic E-state index is 0.0644. The van der Waals surface area contributed by atoms with Gasteiger partial charge in [0, 0.05) is 22.9 Å². The number of alkyl carbamates (subject to hydrolysis) is 1. The van der Waals surface area contributed by atoms with E-state index in [1.807, 2.05) is 45.9 Å². The molecule has 2 rings (SSSR count). The molecule has 1 fully saturated rings. The largest absolute Gasteiger partial charge is 0.449 e. The Morgan fingerprint density at radius 1 is 1.30 bits per heavy atom. The second-order valence-electron chi connectivity index (χ2n) is 9.70. The summed E-state index contributed by atoms with van der Waals surface area (Å²) in [6, 6.07) is 5.98. The fourth-order valence-electron chi connectivity index (χ4n) is 3.82. The lowest BCUT2D eigenvalue weighted by Gasteiger charge is -2.27. The predicted octanol–water partition coefficient (Wildman–Crippen LogP) is 2.76. The molecule has 1 aliphatic rings. The van der Waals surface area contributed by atoms with Crippen molar-refractivity contribution in [1.29, 1.82) is 0 Å². The fourth-order valence-corrected chi connectivity index (χ4v) is 4.01. The van der Waals surface area contributed by atoms with Gasteiger partial charge in [0.2, 0.25) is 11.8 Å². The van der Waals surface area contributed by atoms with Crippen molar-refractivity contribution in [3.8, 4) is 0 Å². The van der Waals surface area contributed by atoms with Crippen molar-refractivity contribution < 1.29 is 24.2 Å². The van der Waals surface area contributed by atoms with Crippen LogP contribution in [-0.2, 0) is 19.7 Å². The number of rotatable bonds is 11. The van der Waals surface area contributed by atoms with Crippen LogP contribution in [0.2, 0.25) is 5.02 Å². The van der Waals surface area contributed by atoms with Gasteiger partial charge in [-0.05, 0) is 42.9 Å². The van der Waals surface area contributed by atoms with E-state index in [0.717, 1.165) is 5.56 Å². The summed E-state index contributed by atoms with van der Waals surface area (Å²) < 4.78 is 5.44. The molecule has 0 aliphatic carbocycles. The Labute approximate surface area is 200 Å². The molecule has 3 amide bonds. The van der Waals surface area contributed by atoms with Gasteiger partial charge in [0.25, 0.3) is 0 Å². The molecule has 0 spiro atoms. The highest BCUT2D eigenvalue weighted by molar-refractivity contribution is 6.30. The van der Waals surface area contributed by atoms with E-state index in [9.17, 15) is 19.5 Å². The highest BCUT2D eigenvalue weighted by atomic mass is 35.5. The molecule has 9 heteroatoms. The standard InChI is InChI=1S/C24H36ClN3O5/c1-15(2)10-20(22(31)27-19(13-29)11-16-8-9-26-21(16)30)28-23(32)33-14-24(3,4)17-6-5-7-18(25)12-17/h5-7,12,15-16,19-20,29H,8-11,13-14H2,1-4H3,(H,26,30)(H,27,31)(H,28,32). The second kappa shape index (κ2) is 12.2. The lowest BCUT2D eigenvalue weighted by molar-refractivity contribution is -0.126. The second-order valence-corrected chi connectivity index (χ2v) is 10.1. The first-order valence-electron chi connectivity index (χ1n) is 11.4. The molecule has 0 radical (unpaired) electrons. The number of aliphatic hydroxyl groups is 1. The summed E-state index contributed by atoms with van der Waals surface area (Å²) in [6.07, 6.45) is 0.733. The van der Waals surface area contributed by atoms with Gasteiger partial charge in [0.1, 0.15) is 12.6 Å². The lowest BCUT2D eigenvalue weighted by atomic mass is 9.86. The van der Waals surface area contributed by atoms with E-state index >= 15 is 0 Å². The molecule has 0 aromatic heterocycles. The van der Waals surface area contributed by atoms with Crippen LogP contribution in [0.15, 0.2) is 24.3 Å². The third kappa shape index (κ3) is 8.51. The van der Waals surface area contributed by atoms with E-state index in [4.69, 9.17) is 16.3 Å². The zero-order valence-corrected chi connectivity index (χ0v) is 20.6. The molecule has 4 N–H and O–H groups in total. The molecule has 1 aromatic rings. The number of nitrogens with one attached hydrogen (secondary N) is 3. The normalized spacial score (nSPS) is 17.9. The smallest absolute Gasteiger partial charge is 0.407 e. The molecular formula is C24H36ClN3O5. The van der Waals surface area contributed by atoms with E-state index in [0.29, 0.717) is 30.8 Å². The average molecular weight is 482 g/mol. The first-order chi connectivity index (χ1) is 15.5. The third-order valence-electron chi connectivity index (χ3n) is 5.78. The zero-order chi connectivity index (χ0) is 24.6. The molecule has 0 saturated carbocycles. The van der Waals surface area contributed by atoms with E-state index < -0.39 is 29.5 Å². The topological polar surface area (TPSA) is 117 Å². The number of halogens is 1. The number of amides is 3. The molecular weight excluding hydrogens is 446 g/mol. The van der Waals surface area contributed by atoms with Crippen molar-refractivity contribution in [2.24, 2.45) is 11.8 Å². The number of hydrogen-bond acceptors (Lipinski definition) is 5. The van der Waals surface area contributed by atoms with Gasteiger partial charge in [-0.1, -0.05) is 51.4 Å². The fraction of sp³-hybridized carbons (Fsp3) is 0.625. The van der Waals surface area contributed by atoms with Crippen LogP contribution in [-0.4, -0.2) is 54.9 Å². The summed E-state index contributed by atoms with van der Waals surface area (Å²) in [6.45, 7) is 8.19. The Hall–Kier alpha value is -2.32. The van der Waals surface area contributed by atoms with Crippen LogP contribution in [0, 0.1) is 11.8 Å². The Balaban J connectivity index is 1.95. The molecule has 8 nitrogen and oxygen atoms in total. The molecule has 1 saturated heterocycles. The number of aliphatic hydroxyl groups excluding tert-OH is 1. The minimum Gasteiger partial charge on any atom is -0.449 e. The van der Waals surface area contributed by atoms with Crippen molar-refractivity contribution in [1.82, 2.24) is 16.0 Å². The molecule has 3 atom stereocenters. The Kier molecular flexibility index (Phi) is 9.98. The maximum Gasteiger partial charge on any atom is 0.407 e. The van der Waals surface area contributed by atoms with Crippen molar-refractivity contribution in [3.05, 3.63) is 34.9 Å². The highest BCUT2D eigenvalue weighted by Crippen LogP contribution is 2.26. The first kappa shape index (κ1) is 26.9.